The fourth-order valence-corrected chi connectivity index (χ4v) is 2.79. The van der Waals surface area contributed by atoms with Crippen molar-refractivity contribution in [2.45, 2.75) is 20.8 Å². The number of amides is 2. The molecule has 0 spiro atoms. The van der Waals surface area contributed by atoms with Gasteiger partial charge in [-0.15, -0.1) is 0 Å². The Morgan fingerprint density at radius 3 is 2.42 bits per heavy atom. The van der Waals surface area contributed by atoms with E-state index in [0.717, 1.165) is 12.5 Å². The first-order valence-electron chi connectivity index (χ1n) is 8.97. The largest absolute Gasteiger partial charge is 0.459 e. The third-order valence-corrected chi connectivity index (χ3v) is 4.40. The highest BCUT2D eigenvalue weighted by Crippen LogP contribution is 2.16. The fraction of sp³-hybridized carbons (Fsp3) is 0.611. The van der Waals surface area contributed by atoms with Crippen LogP contribution in [0.15, 0.2) is 27.8 Å². The van der Waals surface area contributed by atoms with E-state index in [1.165, 1.54) is 6.26 Å². The second-order valence-corrected chi connectivity index (χ2v) is 6.89. The van der Waals surface area contributed by atoms with Crippen molar-refractivity contribution in [1.29, 1.82) is 0 Å². The van der Waals surface area contributed by atoms with Crippen LogP contribution in [0.1, 0.15) is 31.3 Å². The van der Waals surface area contributed by atoms with E-state index in [9.17, 15) is 9.59 Å². The molecule has 2 amide bonds. The van der Waals surface area contributed by atoms with E-state index in [1.807, 2.05) is 20.8 Å². The quantitative estimate of drug-likeness (QED) is 0.596. The van der Waals surface area contributed by atoms with Crippen LogP contribution in [0.2, 0.25) is 0 Å². The van der Waals surface area contributed by atoms with Gasteiger partial charge in [-0.3, -0.25) is 14.6 Å². The number of carbonyl (C=O) groups excluding carboxylic acids is 2. The Balaban J connectivity index is 1.98. The summed E-state index contributed by atoms with van der Waals surface area (Å²) in [6, 6.07) is 3.40. The Hall–Kier alpha value is -2.51. The number of furan rings is 1. The first kappa shape index (κ1) is 19.8. The van der Waals surface area contributed by atoms with Crippen molar-refractivity contribution in [1.82, 2.24) is 20.4 Å². The average Bonchev–Trinajstić information content (AvgIpc) is 3.18. The molecular formula is C18H29N5O3. The second-order valence-electron chi connectivity index (χ2n) is 6.89. The molecule has 2 heterocycles. The lowest BCUT2D eigenvalue weighted by atomic mass is 9.93. The zero-order valence-electron chi connectivity index (χ0n) is 16.0. The van der Waals surface area contributed by atoms with Gasteiger partial charge >= 0.3 is 0 Å². The maximum atomic E-state index is 12.4. The monoisotopic (exact) mass is 363 g/mol. The van der Waals surface area contributed by atoms with Crippen LogP contribution in [0, 0.1) is 5.41 Å². The van der Waals surface area contributed by atoms with Gasteiger partial charge in [0.2, 0.25) is 5.91 Å². The molecule has 144 valence electrons. The summed E-state index contributed by atoms with van der Waals surface area (Å²) in [4.78, 5) is 32.8. The average molecular weight is 363 g/mol. The molecule has 1 aromatic rings. The van der Waals surface area contributed by atoms with E-state index in [-0.39, 0.29) is 11.8 Å². The van der Waals surface area contributed by atoms with Gasteiger partial charge in [0, 0.05) is 39.8 Å². The summed E-state index contributed by atoms with van der Waals surface area (Å²) in [5.74, 6) is 1.02. The van der Waals surface area contributed by atoms with Gasteiger partial charge in [0.25, 0.3) is 5.91 Å². The van der Waals surface area contributed by atoms with Crippen molar-refractivity contribution in [2.24, 2.45) is 10.4 Å². The molecule has 0 saturated carbocycles. The maximum absolute atomic E-state index is 12.4. The molecule has 2 rings (SSSR count). The highest BCUT2D eigenvalue weighted by Gasteiger charge is 2.28. The molecule has 1 fully saturated rings. The van der Waals surface area contributed by atoms with E-state index in [1.54, 1.807) is 24.1 Å². The third-order valence-electron chi connectivity index (χ3n) is 4.40. The van der Waals surface area contributed by atoms with Gasteiger partial charge in [-0.1, -0.05) is 0 Å². The number of nitrogens with zero attached hydrogens (tertiary/aromatic N) is 3. The van der Waals surface area contributed by atoms with E-state index in [4.69, 9.17) is 4.42 Å². The molecular weight excluding hydrogens is 334 g/mol. The normalized spacial score (nSPS) is 15.8. The van der Waals surface area contributed by atoms with Gasteiger partial charge in [-0.2, -0.15) is 0 Å². The van der Waals surface area contributed by atoms with Gasteiger partial charge in [-0.05, 0) is 32.9 Å². The van der Waals surface area contributed by atoms with Crippen LogP contribution in [-0.4, -0.2) is 73.9 Å². The lowest BCUT2D eigenvalue weighted by Crippen LogP contribution is -2.54. The SMILES string of the molecule is CCNC(=NCC(C)(C)C(=O)NC)N1CCN(C(=O)c2ccco2)CC1. The molecule has 0 aromatic carbocycles. The van der Waals surface area contributed by atoms with E-state index in [0.29, 0.717) is 38.5 Å². The number of rotatable bonds is 5. The Kier molecular flexibility index (Phi) is 6.65. The minimum atomic E-state index is -0.577. The molecule has 1 aliphatic heterocycles. The van der Waals surface area contributed by atoms with Crippen molar-refractivity contribution in [3.05, 3.63) is 24.2 Å². The Bertz CT molecular complexity index is 631. The topological polar surface area (TPSA) is 90.2 Å². The Morgan fingerprint density at radius 1 is 1.23 bits per heavy atom. The molecule has 0 aliphatic carbocycles. The number of hydrogen-bond acceptors (Lipinski definition) is 4. The molecule has 1 aromatic heterocycles. The zero-order chi connectivity index (χ0) is 19.2. The lowest BCUT2D eigenvalue weighted by Gasteiger charge is -2.36. The third kappa shape index (κ3) is 4.77. The predicted octanol–water partition coefficient (Wildman–Crippen LogP) is 0.775. The second kappa shape index (κ2) is 8.73. The number of aliphatic imine (C=N–C) groups is 1. The van der Waals surface area contributed by atoms with Crippen LogP contribution < -0.4 is 10.6 Å². The number of guanidine groups is 1. The van der Waals surface area contributed by atoms with Crippen molar-refractivity contribution < 1.29 is 14.0 Å². The van der Waals surface area contributed by atoms with Crippen molar-refractivity contribution >= 4 is 17.8 Å². The highest BCUT2D eigenvalue weighted by atomic mass is 16.3. The first-order chi connectivity index (χ1) is 12.4. The van der Waals surface area contributed by atoms with Crippen molar-refractivity contribution in [2.75, 3.05) is 46.3 Å². The van der Waals surface area contributed by atoms with Crippen LogP contribution in [-0.2, 0) is 4.79 Å². The summed E-state index contributed by atoms with van der Waals surface area (Å²) in [5.41, 5.74) is -0.577. The van der Waals surface area contributed by atoms with Crippen molar-refractivity contribution in [3.8, 4) is 0 Å². The first-order valence-corrected chi connectivity index (χ1v) is 8.97. The summed E-state index contributed by atoms with van der Waals surface area (Å²) in [5, 5.41) is 5.95. The van der Waals surface area contributed by atoms with Gasteiger partial charge in [0.15, 0.2) is 11.7 Å². The van der Waals surface area contributed by atoms with Crippen LogP contribution in [0.25, 0.3) is 0 Å². The van der Waals surface area contributed by atoms with Gasteiger partial charge in [0.05, 0.1) is 18.2 Å². The highest BCUT2D eigenvalue weighted by molar-refractivity contribution is 5.91. The van der Waals surface area contributed by atoms with E-state index < -0.39 is 5.41 Å². The summed E-state index contributed by atoms with van der Waals surface area (Å²) < 4.78 is 5.19. The minimum absolute atomic E-state index is 0.0361. The van der Waals surface area contributed by atoms with E-state index >= 15 is 0 Å². The van der Waals surface area contributed by atoms with Crippen molar-refractivity contribution in [3.63, 3.8) is 0 Å². The molecule has 1 aliphatic rings. The summed E-state index contributed by atoms with van der Waals surface area (Å²) in [7, 11) is 1.63. The van der Waals surface area contributed by atoms with E-state index in [2.05, 4.69) is 20.5 Å². The Morgan fingerprint density at radius 2 is 1.88 bits per heavy atom. The smallest absolute Gasteiger partial charge is 0.289 e. The predicted molar refractivity (Wildman–Crippen MR) is 100 cm³/mol. The summed E-state index contributed by atoms with van der Waals surface area (Å²) >= 11 is 0. The molecule has 0 atom stereocenters. The molecule has 0 bridgehead atoms. The number of hydrogen-bond donors (Lipinski definition) is 2. The number of carbonyl (C=O) groups is 2. The number of piperazine rings is 1. The molecule has 0 unspecified atom stereocenters. The van der Waals surface area contributed by atoms with Gasteiger partial charge < -0.3 is 24.9 Å². The van der Waals surface area contributed by atoms with Crippen LogP contribution in [0.3, 0.4) is 0 Å². The Labute approximate surface area is 154 Å². The molecule has 26 heavy (non-hydrogen) atoms. The van der Waals surface area contributed by atoms with Crippen LogP contribution in [0.5, 0.6) is 0 Å². The summed E-state index contributed by atoms with van der Waals surface area (Å²) in [6.45, 7) is 9.45. The van der Waals surface area contributed by atoms with Crippen LogP contribution in [0.4, 0.5) is 0 Å². The molecule has 0 radical (unpaired) electrons. The minimum Gasteiger partial charge on any atom is -0.459 e. The van der Waals surface area contributed by atoms with Gasteiger partial charge in [-0.25, -0.2) is 0 Å². The lowest BCUT2D eigenvalue weighted by molar-refractivity contribution is -0.128. The molecule has 1 saturated heterocycles. The zero-order valence-corrected chi connectivity index (χ0v) is 16.0. The van der Waals surface area contributed by atoms with Crippen LogP contribution >= 0.6 is 0 Å². The fourth-order valence-electron chi connectivity index (χ4n) is 2.79. The molecule has 8 nitrogen and oxygen atoms in total. The maximum Gasteiger partial charge on any atom is 0.289 e. The standard InChI is InChI=1S/C18H29N5O3/c1-5-20-17(21-13-18(2,3)16(25)19-4)23-10-8-22(9-11-23)15(24)14-7-6-12-26-14/h6-7,12H,5,8-11,13H2,1-4H3,(H,19,25)(H,20,21). The number of nitrogens with one attached hydrogen (secondary N) is 2. The van der Waals surface area contributed by atoms with Gasteiger partial charge in [0.1, 0.15) is 0 Å². The molecule has 2 N–H and O–H groups in total. The summed E-state index contributed by atoms with van der Waals surface area (Å²) in [6.07, 6.45) is 1.51. The molecule has 8 heteroatoms.